The Hall–Kier alpha value is -2.54. The number of benzene rings is 2. The molecule has 2 N–H and O–H groups in total. The van der Waals surface area contributed by atoms with E-state index in [1.54, 1.807) is 23.9 Å². The lowest BCUT2D eigenvalue weighted by molar-refractivity contribution is -0.384. The van der Waals surface area contributed by atoms with Crippen LogP contribution < -0.4 is 10.6 Å². The minimum Gasteiger partial charge on any atom is -0.385 e. The fraction of sp³-hybridized carbons (Fsp3) is 0.235. The number of hydrogen-bond acceptors (Lipinski definition) is 5. The molecule has 0 saturated carbocycles. The highest BCUT2D eigenvalue weighted by Crippen LogP contribution is 2.19. The summed E-state index contributed by atoms with van der Waals surface area (Å²) in [7, 11) is 0. The summed E-state index contributed by atoms with van der Waals surface area (Å²) in [4.78, 5) is 23.2. The summed E-state index contributed by atoms with van der Waals surface area (Å²) in [5, 5.41) is 16.6. The van der Waals surface area contributed by atoms with Crippen molar-refractivity contribution in [1.29, 1.82) is 0 Å². The number of anilines is 2. The Morgan fingerprint density at radius 1 is 1.17 bits per heavy atom. The third kappa shape index (κ3) is 5.58. The number of rotatable bonds is 8. The third-order valence-corrected chi connectivity index (χ3v) is 4.07. The molecule has 126 valence electrons. The van der Waals surface area contributed by atoms with Gasteiger partial charge in [0.05, 0.1) is 4.92 Å². The zero-order valence-corrected chi connectivity index (χ0v) is 14.1. The van der Waals surface area contributed by atoms with Crippen molar-refractivity contribution in [3.8, 4) is 0 Å². The number of nitro groups is 1. The maximum absolute atomic E-state index is 11.9. The number of nitrogens with one attached hydrogen (secondary N) is 2. The monoisotopic (exact) mass is 345 g/mol. The SMILES string of the molecule is CSc1cccc(NC(=O)CCCNc2ccc([N+](=O)[O-])cc2)c1. The van der Waals surface area contributed by atoms with E-state index in [4.69, 9.17) is 0 Å². The van der Waals surface area contributed by atoms with Crippen molar-refractivity contribution in [2.45, 2.75) is 17.7 Å². The highest BCUT2D eigenvalue weighted by Gasteiger charge is 2.05. The Balaban J connectivity index is 1.71. The molecule has 0 fully saturated rings. The van der Waals surface area contributed by atoms with Crippen LogP contribution in [0.4, 0.5) is 17.1 Å². The maximum atomic E-state index is 11.9. The summed E-state index contributed by atoms with van der Waals surface area (Å²) in [6.07, 6.45) is 3.07. The molecule has 0 aliphatic heterocycles. The van der Waals surface area contributed by atoms with Gasteiger partial charge in [-0.2, -0.15) is 0 Å². The molecule has 2 rings (SSSR count). The second-order valence-electron chi connectivity index (χ2n) is 5.11. The molecule has 6 nitrogen and oxygen atoms in total. The Bertz CT molecular complexity index is 704. The van der Waals surface area contributed by atoms with E-state index in [1.165, 1.54) is 12.1 Å². The molecule has 0 radical (unpaired) electrons. The van der Waals surface area contributed by atoms with E-state index in [0.717, 1.165) is 16.3 Å². The van der Waals surface area contributed by atoms with Gasteiger partial charge in [-0.3, -0.25) is 14.9 Å². The second kappa shape index (κ2) is 8.93. The first-order valence-electron chi connectivity index (χ1n) is 7.51. The van der Waals surface area contributed by atoms with Crippen LogP contribution >= 0.6 is 11.8 Å². The molecule has 0 atom stereocenters. The number of non-ortho nitro benzene ring substituents is 1. The van der Waals surface area contributed by atoms with E-state index in [0.29, 0.717) is 19.4 Å². The van der Waals surface area contributed by atoms with Gasteiger partial charge in [0.2, 0.25) is 5.91 Å². The van der Waals surface area contributed by atoms with Crippen LogP contribution in [0, 0.1) is 10.1 Å². The molecular formula is C17H19N3O3S. The Morgan fingerprint density at radius 3 is 2.58 bits per heavy atom. The lowest BCUT2D eigenvalue weighted by Gasteiger charge is -2.08. The normalized spacial score (nSPS) is 10.2. The molecular weight excluding hydrogens is 326 g/mol. The Kier molecular flexibility index (Phi) is 6.62. The van der Waals surface area contributed by atoms with Gasteiger partial charge < -0.3 is 10.6 Å². The number of hydrogen-bond donors (Lipinski definition) is 2. The Morgan fingerprint density at radius 2 is 1.92 bits per heavy atom. The molecule has 0 aliphatic carbocycles. The van der Waals surface area contributed by atoms with E-state index in [2.05, 4.69) is 10.6 Å². The number of nitro benzene ring substituents is 1. The summed E-state index contributed by atoms with van der Waals surface area (Å²) >= 11 is 1.63. The van der Waals surface area contributed by atoms with Gasteiger partial charge in [-0.05, 0) is 43.0 Å². The largest absolute Gasteiger partial charge is 0.385 e. The minimum absolute atomic E-state index is 0.0289. The van der Waals surface area contributed by atoms with E-state index in [1.807, 2.05) is 30.5 Å². The van der Waals surface area contributed by atoms with Crippen LogP contribution in [0.2, 0.25) is 0 Å². The second-order valence-corrected chi connectivity index (χ2v) is 5.99. The standard InChI is InChI=1S/C17H19N3O3S/c1-24-16-5-2-4-14(12-16)19-17(21)6-3-11-18-13-7-9-15(10-8-13)20(22)23/h2,4-5,7-10,12,18H,3,6,11H2,1H3,(H,19,21). The molecule has 0 unspecified atom stereocenters. The zero-order valence-electron chi connectivity index (χ0n) is 13.3. The van der Waals surface area contributed by atoms with Crippen molar-refractivity contribution in [3.63, 3.8) is 0 Å². The van der Waals surface area contributed by atoms with E-state index in [9.17, 15) is 14.9 Å². The van der Waals surface area contributed by atoms with E-state index >= 15 is 0 Å². The first-order chi connectivity index (χ1) is 11.6. The number of amides is 1. The summed E-state index contributed by atoms with van der Waals surface area (Å²) < 4.78 is 0. The lowest BCUT2D eigenvalue weighted by Crippen LogP contribution is -2.13. The minimum atomic E-state index is -0.430. The molecule has 0 aromatic heterocycles. The predicted molar refractivity (Wildman–Crippen MR) is 97.7 cm³/mol. The molecule has 0 saturated heterocycles. The highest BCUT2D eigenvalue weighted by molar-refractivity contribution is 7.98. The van der Waals surface area contributed by atoms with Crippen LogP contribution in [0.25, 0.3) is 0 Å². The molecule has 0 spiro atoms. The van der Waals surface area contributed by atoms with Crippen molar-refractivity contribution < 1.29 is 9.72 Å². The van der Waals surface area contributed by atoms with Crippen molar-refractivity contribution in [2.75, 3.05) is 23.4 Å². The number of carbonyl (C=O) groups is 1. The first-order valence-corrected chi connectivity index (χ1v) is 8.73. The number of thioether (sulfide) groups is 1. The fourth-order valence-electron chi connectivity index (χ4n) is 2.11. The van der Waals surface area contributed by atoms with Crippen molar-refractivity contribution in [2.24, 2.45) is 0 Å². The van der Waals surface area contributed by atoms with Crippen LogP contribution in [0.5, 0.6) is 0 Å². The van der Waals surface area contributed by atoms with Crippen molar-refractivity contribution in [3.05, 3.63) is 58.6 Å². The van der Waals surface area contributed by atoms with Crippen LogP contribution in [-0.2, 0) is 4.79 Å². The fourth-order valence-corrected chi connectivity index (χ4v) is 2.57. The first kappa shape index (κ1) is 17.8. The van der Waals surface area contributed by atoms with Crippen molar-refractivity contribution in [1.82, 2.24) is 0 Å². The molecule has 1 amide bonds. The smallest absolute Gasteiger partial charge is 0.269 e. The lowest BCUT2D eigenvalue weighted by atomic mass is 10.2. The quantitative estimate of drug-likeness (QED) is 0.325. The Labute approximate surface area is 144 Å². The van der Waals surface area contributed by atoms with Gasteiger partial charge in [0.1, 0.15) is 0 Å². The van der Waals surface area contributed by atoms with E-state index < -0.39 is 4.92 Å². The van der Waals surface area contributed by atoms with Gasteiger partial charge >= 0.3 is 0 Å². The van der Waals surface area contributed by atoms with Gasteiger partial charge in [-0.15, -0.1) is 11.8 Å². The number of carbonyl (C=O) groups excluding carboxylic acids is 1. The van der Waals surface area contributed by atoms with Crippen molar-refractivity contribution >= 4 is 34.7 Å². The predicted octanol–water partition coefficient (Wildman–Crippen LogP) is 4.15. The summed E-state index contributed by atoms with van der Waals surface area (Å²) in [6, 6.07) is 13.9. The molecule has 0 heterocycles. The molecule has 0 bridgehead atoms. The van der Waals surface area contributed by atoms with Gasteiger partial charge in [0, 0.05) is 41.4 Å². The van der Waals surface area contributed by atoms with Crippen LogP contribution in [0.3, 0.4) is 0 Å². The summed E-state index contributed by atoms with van der Waals surface area (Å²) in [5.74, 6) is -0.0289. The number of nitrogens with zero attached hydrogens (tertiary/aromatic N) is 1. The van der Waals surface area contributed by atoms with Gasteiger partial charge in [-0.25, -0.2) is 0 Å². The average molecular weight is 345 g/mol. The van der Waals surface area contributed by atoms with Crippen LogP contribution in [0.1, 0.15) is 12.8 Å². The molecule has 24 heavy (non-hydrogen) atoms. The molecule has 7 heteroatoms. The van der Waals surface area contributed by atoms with Gasteiger partial charge in [-0.1, -0.05) is 6.07 Å². The van der Waals surface area contributed by atoms with Crippen LogP contribution in [0.15, 0.2) is 53.4 Å². The molecule has 2 aromatic rings. The third-order valence-electron chi connectivity index (χ3n) is 3.34. The van der Waals surface area contributed by atoms with Gasteiger partial charge in [0.25, 0.3) is 5.69 Å². The van der Waals surface area contributed by atoms with Crippen LogP contribution in [-0.4, -0.2) is 23.6 Å². The summed E-state index contributed by atoms with van der Waals surface area (Å²) in [6.45, 7) is 0.621. The average Bonchev–Trinajstić information content (AvgIpc) is 2.59. The van der Waals surface area contributed by atoms with E-state index in [-0.39, 0.29) is 11.6 Å². The summed E-state index contributed by atoms with van der Waals surface area (Å²) in [5.41, 5.74) is 1.66. The molecule has 0 aliphatic rings. The zero-order chi connectivity index (χ0) is 17.4. The highest BCUT2D eigenvalue weighted by atomic mass is 32.2. The topological polar surface area (TPSA) is 84.3 Å². The van der Waals surface area contributed by atoms with Gasteiger partial charge in [0.15, 0.2) is 0 Å². The molecule has 2 aromatic carbocycles. The maximum Gasteiger partial charge on any atom is 0.269 e.